The van der Waals surface area contributed by atoms with Crippen molar-refractivity contribution in [2.45, 2.75) is 40.5 Å². The van der Waals surface area contributed by atoms with E-state index in [1.807, 2.05) is 50.2 Å². The highest BCUT2D eigenvalue weighted by molar-refractivity contribution is 5.92. The molecule has 1 amide bonds. The average molecular weight is 496 g/mol. The average Bonchev–Trinajstić information content (AvgIpc) is 3.46. The van der Waals surface area contributed by atoms with Gasteiger partial charge in [0.25, 0.3) is 5.91 Å². The van der Waals surface area contributed by atoms with E-state index in [1.165, 1.54) is 17.5 Å². The minimum absolute atomic E-state index is 0.130. The number of nitrogens with one attached hydrogen (secondary N) is 1. The van der Waals surface area contributed by atoms with E-state index in [9.17, 15) is 4.79 Å². The molecule has 0 radical (unpaired) electrons. The molecule has 0 bridgehead atoms. The molecule has 0 aliphatic rings. The second-order valence-electron chi connectivity index (χ2n) is 9.42. The first-order valence-electron chi connectivity index (χ1n) is 12.2. The Balaban J connectivity index is 1.40. The molecule has 3 aromatic heterocycles. The van der Waals surface area contributed by atoms with E-state index in [1.54, 1.807) is 21.6 Å². The maximum atomic E-state index is 12.7. The van der Waals surface area contributed by atoms with Crippen molar-refractivity contribution in [3.63, 3.8) is 0 Å². The van der Waals surface area contributed by atoms with Crippen LogP contribution < -0.4 is 10.1 Å². The van der Waals surface area contributed by atoms with Crippen LogP contribution in [0, 0.1) is 20.8 Å². The van der Waals surface area contributed by atoms with Crippen LogP contribution in [-0.4, -0.2) is 42.0 Å². The quantitative estimate of drug-likeness (QED) is 0.339. The minimum Gasteiger partial charge on any atom is -0.484 e. The lowest BCUT2D eigenvalue weighted by Crippen LogP contribution is -2.22. The van der Waals surface area contributed by atoms with Crippen LogP contribution in [0.4, 0.5) is 5.82 Å². The van der Waals surface area contributed by atoms with Gasteiger partial charge in [-0.2, -0.15) is 14.9 Å². The number of rotatable bonds is 7. The monoisotopic (exact) mass is 495 g/mol. The molecule has 0 saturated carbocycles. The zero-order valence-electron chi connectivity index (χ0n) is 21.6. The normalized spacial score (nSPS) is 11.3. The SMILES string of the molecule is Cc1ccc(-n2ncc3c(-n4nc(C)cc4NC(=O)COc4ccc(C(C)C)cc4)ncnc32)c(C)c1. The minimum atomic E-state index is -0.301. The number of aryl methyl sites for hydroxylation is 3. The topological polar surface area (TPSA) is 99.8 Å². The Bertz CT molecular complexity index is 1580. The van der Waals surface area contributed by atoms with Gasteiger partial charge in [0.1, 0.15) is 17.9 Å². The van der Waals surface area contributed by atoms with Crippen molar-refractivity contribution in [1.82, 2.24) is 29.5 Å². The third-order valence-corrected chi connectivity index (χ3v) is 6.14. The molecule has 37 heavy (non-hydrogen) atoms. The van der Waals surface area contributed by atoms with Gasteiger partial charge in [-0.25, -0.2) is 14.6 Å². The molecule has 5 rings (SSSR count). The molecule has 0 aliphatic carbocycles. The number of amides is 1. The molecule has 1 N–H and O–H groups in total. The lowest BCUT2D eigenvalue weighted by atomic mass is 10.0. The van der Waals surface area contributed by atoms with Crippen LogP contribution in [0.5, 0.6) is 5.75 Å². The van der Waals surface area contributed by atoms with Gasteiger partial charge in [-0.05, 0) is 56.0 Å². The van der Waals surface area contributed by atoms with Crippen LogP contribution in [0.1, 0.15) is 42.1 Å². The molecule has 0 aliphatic heterocycles. The third kappa shape index (κ3) is 4.93. The molecule has 0 atom stereocenters. The molecule has 0 fully saturated rings. The summed E-state index contributed by atoms with van der Waals surface area (Å²) in [6.07, 6.45) is 3.20. The zero-order chi connectivity index (χ0) is 26.1. The number of anilines is 1. The van der Waals surface area contributed by atoms with Crippen molar-refractivity contribution in [1.29, 1.82) is 0 Å². The van der Waals surface area contributed by atoms with E-state index in [0.717, 1.165) is 16.9 Å². The molecule has 9 nitrogen and oxygen atoms in total. The fourth-order valence-electron chi connectivity index (χ4n) is 4.25. The second-order valence-corrected chi connectivity index (χ2v) is 9.42. The summed E-state index contributed by atoms with van der Waals surface area (Å²) < 4.78 is 9.08. The summed E-state index contributed by atoms with van der Waals surface area (Å²) in [6, 6.07) is 15.7. The van der Waals surface area contributed by atoms with Crippen molar-refractivity contribution in [2.75, 3.05) is 11.9 Å². The van der Waals surface area contributed by atoms with E-state index in [2.05, 4.69) is 52.3 Å². The second kappa shape index (κ2) is 9.85. The summed E-state index contributed by atoms with van der Waals surface area (Å²) in [7, 11) is 0. The van der Waals surface area contributed by atoms with Crippen molar-refractivity contribution >= 4 is 22.8 Å². The Labute approximate surface area is 215 Å². The van der Waals surface area contributed by atoms with Gasteiger partial charge in [0.05, 0.1) is 23.0 Å². The molecular weight excluding hydrogens is 466 g/mol. The highest BCUT2D eigenvalue weighted by Gasteiger charge is 2.18. The Morgan fingerprint density at radius 1 is 1.00 bits per heavy atom. The molecule has 188 valence electrons. The molecule has 9 heteroatoms. The largest absolute Gasteiger partial charge is 0.484 e. The first-order chi connectivity index (χ1) is 17.8. The van der Waals surface area contributed by atoms with Gasteiger partial charge >= 0.3 is 0 Å². The van der Waals surface area contributed by atoms with Gasteiger partial charge < -0.3 is 10.1 Å². The summed E-state index contributed by atoms with van der Waals surface area (Å²) in [5.74, 6) is 1.78. The predicted octanol–water partition coefficient (Wildman–Crippen LogP) is 5.07. The summed E-state index contributed by atoms with van der Waals surface area (Å²) >= 11 is 0. The Hall–Kier alpha value is -4.53. The van der Waals surface area contributed by atoms with Gasteiger partial charge in [0.2, 0.25) is 0 Å². The standard InChI is InChI=1S/C28H29N7O2/c1-17(2)21-7-9-22(10-8-21)37-15-26(36)32-25-13-20(5)33-35(25)28-23-14-31-34(27(23)29-16-30-28)24-11-6-18(3)12-19(24)4/h6-14,16-17H,15H2,1-5H3,(H,32,36). The molecule has 0 spiro atoms. The van der Waals surface area contributed by atoms with Crippen LogP contribution in [0.15, 0.2) is 61.1 Å². The van der Waals surface area contributed by atoms with Gasteiger partial charge in [0, 0.05) is 6.07 Å². The fraction of sp³-hybridized carbons (Fsp3) is 0.250. The lowest BCUT2D eigenvalue weighted by Gasteiger charge is -2.11. The van der Waals surface area contributed by atoms with Crippen molar-refractivity contribution in [3.05, 3.63) is 83.4 Å². The number of carbonyl (C=O) groups is 1. The summed E-state index contributed by atoms with van der Waals surface area (Å²) in [5, 5.41) is 12.8. The Kier molecular flexibility index (Phi) is 6.43. The van der Waals surface area contributed by atoms with Gasteiger partial charge in [-0.15, -0.1) is 0 Å². The maximum Gasteiger partial charge on any atom is 0.263 e. The lowest BCUT2D eigenvalue weighted by molar-refractivity contribution is -0.118. The number of ether oxygens (including phenoxy) is 1. The van der Waals surface area contributed by atoms with Gasteiger partial charge in [-0.1, -0.05) is 43.7 Å². The number of nitrogens with zero attached hydrogens (tertiary/aromatic N) is 6. The van der Waals surface area contributed by atoms with Crippen LogP contribution in [0.3, 0.4) is 0 Å². The predicted molar refractivity (Wildman–Crippen MR) is 143 cm³/mol. The van der Waals surface area contributed by atoms with E-state index >= 15 is 0 Å². The summed E-state index contributed by atoms with van der Waals surface area (Å²) in [5.41, 5.74) is 5.80. The van der Waals surface area contributed by atoms with E-state index in [-0.39, 0.29) is 12.5 Å². The van der Waals surface area contributed by atoms with Crippen LogP contribution in [0.25, 0.3) is 22.5 Å². The number of carbonyl (C=O) groups excluding carboxylic acids is 1. The molecular formula is C28H29N7O2. The first kappa shape index (κ1) is 24.2. The molecule has 2 aromatic carbocycles. The third-order valence-electron chi connectivity index (χ3n) is 6.14. The fourth-order valence-corrected chi connectivity index (χ4v) is 4.25. The maximum absolute atomic E-state index is 12.7. The van der Waals surface area contributed by atoms with Crippen molar-refractivity contribution < 1.29 is 9.53 Å². The Morgan fingerprint density at radius 2 is 1.78 bits per heavy atom. The summed E-state index contributed by atoms with van der Waals surface area (Å²) in [4.78, 5) is 21.7. The summed E-state index contributed by atoms with van der Waals surface area (Å²) in [6.45, 7) is 10.1. The van der Waals surface area contributed by atoms with Crippen LogP contribution in [-0.2, 0) is 4.79 Å². The van der Waals surface area contributed by atoms with Gasteiger partial charge in [0.15, 0.2) is 18.1 Å². The van der Waals surface area contributed by atoms with Gasteiger partial charge in [-0.3, -0.25) is 4.79 Å². The van der Waals surface area contributed by atoms with Crippen molar-refractivity contribution in [3.8, 4) is 17.3 Å². The van der Waals surface area contributed by atoms with Crippen LogP contribution >= 0.6 is 0 Å². The number of benzene rings is 2. The van der Waals surface area contributed by atoms with E-state index < -0.39 is 0 Å². The smallest absolute Gasteiger partial charge is 0.263 e. The van der Waals surface area contributed by atoms with Crippen LogP contribution in [0.2, 0.25) is 0 Å². The highest BCUT2D eigenvalue weighted by atomic mass is 16.5. The van der Waals surface area contributed by atoms with Crippen molar-refractivity contribution in [2.24, 2.45) is 0 Å². The highest BCUT2D eigenvalue weighted by Crippen LogP contribution is 2.26. The van der Waals surface area contributed by atoms with E-state index in [4.69, 9.17) is 4.74 Å². The Morgan fingerprint density at radius 3 is 2.51 bits per heavy atom. The zero-order valence-corrected chi connectivity index (χ0v) is 21.6. The number of aromatic nitrogens is 6. The van der Waals surface area contributed by atoms with E-state index in [0.29, 0.717) is 34.3 Å². The first-order valence-corrected chi connectivity index (χ1v) is 12.2. The number of hydrogen-bond acceptors (Lipinski definition) is 6. The molecule has 0 unspecified atom stereocenters. The molecule has 0 saturated heterocycles. The molecule has 5 aromatic rings. The number of hydrogen-bond donors (Lipinski definition) is 1. The molecule has 3 heterocycles. The number of fused-ring (bicyclic) bond motifs is 1.